The van der Waals surface area contributed by atoms with Gasteiger partial charge in [-0.05, 0) is 11.6 Å². The quantitative estimate of drug-likeness (QED) is 0.779. The monoisotopic (exact) mass is 353 g/mol. The Labute approximate surface area is 141 Å². The van der Waals surface area contributed by atoms with Crippen molar-refractivity contribution in [2.75, 3.05) is 0 Å². The molecule has 132 valence electrons. The van der Waals surface area contributed by atoms with E-state index in [1.807, 2.05) is 0 Å². The fourth-order valence-electron chi connectivity index (χ4n) is 2.13. The molecule has 0 aliphatic rings. The molecule has 1 amide bonds. The lowest BCUT2D eigenvalue weighted by Gasteiger charge is -2.18. The van der Waals surface area contributed by atoms with Crippen LogP contribution in [0, 0.1) is 17.5 Å². The van der Waals surface area contributed by atoms with Crippen LogP contribution < -0.4 is 5.32 Å². The summed E-state index contributed by atoms with van der Waals surface area (Å²) in [6.07, 6.45) is -1.75. The zero-order chi connectivity index (χ0) is 18.4. The Hall–Kier alpha value is -3.03. The Morgan fingerprint density at radius 3 is 2.32 bits per heavy atom. The van der Waals surface area contributed by atoms with E-state index in [9.17, 15) is 22.8 Å². The number of hydrogen-bond donors (Lipinski definition) is 2. The molecule has 0 aromatic heterocycles. The minimum absolute atomic E-state index is 0.0905. The smallest absolute Gasteiger partial charge is 0.407 e. The van der Waals surface area contributed by atoms with E-state index in [1.54, 1.807) is 30.3 Å². The fourth-order valence-corrected chi connectivity index (χ4v) is 2.13. The van der Waals surface area contributed by atoms with Gasteiger partial charge in [0.2, 0.25) is 0 Å². The lowest BCUT2D eigenvalue weighted by molar-refractivity contribution is -0.137. The van der Waals surface area contributed by atoms with Gasteiger partial charge in [-0.2, -0.15) is 0 Å². The van der Waals surface area contributed by atoms with Crippen molar-refractivity contribution in [3.63, 3.8) is 0 Å². The van der Waals surface area contributed by atoms with Crippen LogP contribution >= 0.6 is 0 Å². The molecule has 0 heterocycles. The number of carbonyl (C=O) groups is 2. The molecule has 0 unspecified atom stereocenters. The molecule has 0 radical (unpaired) electrons. The fraction of sp³-hybridized carbons (Fsp3) is 0.176. The van der Waals surface area contributed by atoms with Gasteiger partial charge in [-0.15, -0.1) is 0 Å². The molecule has 2 aromatic carbocycles. The van der Waals surface area contributed by atoms with Gasteiger partial charge in [0, 0.05) is 11.6 Å². The van der Waals surface area contributed by atoms with Gasteiger partial charge in [0.05, 0.1) is 12.5 Å². The molecule has 2 rings (SSSR count). The Bertz CT molecular complexity index is 768. The molecule has 0 fully saturated rings. The van der Waals surface area contributed by atoms with Crippen molar-refractivity contribution in [3.8, 4) is 0 Å². The largest absolute Gasteiger partial charge is 0.481 e. The van der Waals surface area contributed by atoms with Gasteiger partial charge in [-0.25, -0.2) is 18.0 Å². The van der Waals surface area contributed by atoms with Gasteiger partial charge in [-0.1, -0.05) is 30.3 Å². The van der Waals surface area contributed by atoms with Crippen LogP contribution in [0.25, 0.3) is 0 Å². The van der Waals surface area contributed by atoms with Crippen LogP contribution in [0.1, 0.15) is 23.6 Å². The summed E-state index contributed by atoms with van der Waals surface area (Å²) in [7, 11) is 0. The van der Waals surface area contributed by atoms with Crippen LogP contribution in [0.15, 0.2) is 42.5 Å². The zero-order valence-electron chi connectivity index (χ0n) is 12.8. The van der Waals surface area contributed by atoms with E-state index < -0.39 is 47.5 Å². The molecule has 0 spiro atoms. The van der Waals surface area contributed by atoms with Crippen molar-refractivity contribution < 1.29 is 32.6 Å². The highest BCUT2D eigenvalue weighted by molar-refractivity contribution is 5.72. The van der Waals surface area contributed by atoms with Crippen LogP contribution in [0.2, 0.25) is 0 Å². The van der Waals surface area contributed by atoms with Crippen molar-refractivity contribution >= 4 is 12.1 Å². The number of carboxylic acids is 1. The summed E-state index contributed by atoms with van der Waals surface area (Å²) in [5.41, 5.74) is 0.199. The van der Waals surface area contributed by atoms with Crippen LogP contribution in [0.4, 0.5) is 18.0 Å². The van der Waals surface area contributed by atoms with Gasteiger partial charge < -0.3 is 15.2 Å². The summed E-state index contributed by atoms with van der Waals surface area (Å²) in [4.78, 5) is 22.8. The van der Waals surface area contributed by atoms with Gasteiger partial charge >= 0.3 is 12.1 Å². The van der Waals surface area contributed by atoms with Crippen molar-refractivity contribution in [2.45, 2.75) is 19.1 Å². The van der Waals surface area contributed by atoms with Crippen LogP contribution in [-0.4, -0.2) is 17.2 Å². The van der Waals surface area contributed by atoms with Gasteiger partial charge in [0.15, 0.2) is 11.6 Å². The second-order valence-electron chi connectivity index (χ2n) is 5.14. The predicted molar refractivity (Wildman–Crippen MR) is 81.1 cm³/mol. The number of ether oxygens (including phenoxy) is 1. The minimum Gasteiger partial charge on any atom is -0.481 e. The molecular formula is C17H14F3NO4. The number of nitrogens with one attached hydrogen (secondary N) is 1. The van der Waals surface area contributed by atoms with E-state index in [4.69, 9.17) is 9.84 Å². The molecule has 0 aliphatic heterocycles. The highest BCUT2D eigenvalue weighted by Crippen LogP contribution is 2.23. The zero-order valence-corrected chi connectivity index (χ0v) is 12.8. The topological polar surface area (TPSA) is 75.6 Å². The number of hydrogen-bond acceptors (Lipinski definition) is 3. The first kappa shape index (κ1) is 18.3. The number of benzene rings is 2. The van der Waals surface area contributed by atoms with Gasteiger partial charge in [-0.3, -0.25) is 4.79 Å². The average Bonchev–Trinajstić information content (AvgIpc) is 2.56. The van der Waals surface area contributed by atoms with E-state index >= 15 is 0 Å². The lowest BCUT2D eigenvalue weighted by Crippen LogP contribution is -2.31. The maximum absolute atomic E-state index is 13.8. The van der Waals surface area contributed by atoms with E-state index in [0.29, 0.717) is 11.6 Å². The maximum atomic E-state index is 13.8. The average molecular weight is 353 g/mol. The van der Waals surface area contributed by atoms with Gasteiger partial charge in [0.1, 0.15) is 12.4 Å². The van der Waals surface area contributed by atoms with Crippen molar-refractivity contribution in [3.05, 3.63) is 71.0 Å². The number of halogens is 3. The number of carbonyl (C=O) groups excluding carboxylic acids is 1. The molecule has 0 bridgehead atoms. The lowest BCUT2D eigenvalue weighted by atomic mass is 10.0. The number of aliphatic carboxylic acids is 1. The summed E-state index contributed by atoms with van der Waals surface area (Å²) in [6, 6.07) is 8.04. The summed E-state index contributed by atoms with van der Waals surface area (Å²) < 4.78 is 45.1. The molecule has 2 N–H and O–H groups in total. The minimum atomic E-state index is -1.42. The number of carboxylic acid groups (broad SMARTS) is 1. The SMILES string of the molecule is O=C(O)C[C@@H](NC(=O)OCc1ccccc1)c1cc(F)c(F)cc1F. The van der Waals surface area contributed by atoms with Crippen molar-refractivity contribution in [1.29, 1.82) is 0 Å². The third-order valence-corrected chi connectivity index (χ3v) is 3.30. The van der Waals surface area contributed by atoms with E-state index in [2.05, 4.69) is 5.32 Å². The molecule has 8 heteroatoms. The Kier molecular flexibility index (Phi) is 5.99. The number of alkyl carbamates (subject to hydrolysis) is 1. The molecular weight excluding hydrogens is 339 g/mol. The van der Waals surface area contributed by atoms with E-state index in [1.165, 1.54) is 0 Å². The third kappa shape index (κ3) is 5.23. The summed E-state index contributed by atoms with van der Waals surface area (Å²) in [5.74, 6) is -5.31. The van der Waals surface area contributed by atoms with E-state index in [-0.39, 0.29) is 12.7 Å². The maximum Gasteiger partial charge on any atom is 0.407 e. The molecule has 0 aliphatic carbocycles. The molecule has 25 heavy (non-hydrogen) atoms. The van der Waals surface area contributed by atoms with Crippen LogP contribution in [0.5, 0.6) is 0 Å². The Balaban J connectivity index is 2.11. The van der Waals surface area contributed by atoms with E-state index in [0.717, 1.165) is 0 Å². The van der Waals surface area contributed by atoms with Crippen molar-refractivity contribution in [2.24, 2.45) is 0 Å². The van der Waals surface area contributed by atoms with Gasteiger partial charge in [0.25, 0.3) is 0 Å². The van der Waals surface area contributed by atoms with Crippen LogP contribution in [0.3, 0.4) is 0 Å². The normalized spacial score (nSPS) is 11.6. The summed E-state index contributed by atoms with van der Waals surface area (Å²) in [5, 5.41) is 11.0. The molecule has 2 aromatic rings. The standard InChI is InChI=1S/C17H14F3NO4/c18-12-7-14(20)13(19)6-11(12)15(8-16(22)23)21-17(24)25-9-10-4-2-1-3-5-10/h1-7,15H,8-9H2,(H,21,24)(H,22,23)/t15-/m1/s1. The second kappa shape index (κ2) is 8.18. The first-order valence-corrected chi connectivity index (χ1v) is 7.20. The number of amides is 1. The summed E-state index contributed by atoms with van der Waals surface area (Å²) >= 11 is 0. The van der Waals surface area contributed by atoms with Crippen molar-refractivity contribution in [1.82, 2.24) is 5.32 Å². The summed E-state index contributed by atoms with van der Waals surface area (Å²) in [6.45, 7) is -0.0905. The second-order valence-corrected chi connectivity index (χ2v) is 5.14. The Morgan fingerprint density at radius 2 is 1.68 bits per heavy atom. The number of rotatable bonds is 6. The first-order chi connectivity index (χ1) is 11.9. The predicted octanol–water partition coefficient (Wildman–Crippen LogP) is 3.55. The van der Waals surface area contributed by atoms with Crippen LogP contribution in [-0.2, 0) is 16.1 Å². The molecule has 0 saturated carbocycles. The molecule has 1 atom stereocenters. The molecule has 5 nitrogen and oxygen atoms in total. The highest BCUT2D eigenvalue weighted by Gasteiger charge is 2.24. The third-order valence-electron chi connectivity index (χ3n) is 3.30. The molecule has 0 saturated heterocycles. The highest BCUT2D eigenvalue weighted by atomic mass is 19.2. The Morgan fingerprint density at radius 1 is 1.04 bits per heavy atom. The first-order valence-electron chi connectivity index (χ1n) is 7.20.